The number of carbonyl (C=O) groups is 1. The molecule has 0 aliphatic heterocycles. The van der Waals surface area contributed by atoms with Crippen molar-refractivity contribution in [3.63, 3.8) is 0 Å². The molecule has 1 amide bonds. The molecule has 2 rings (SSSR count). The van der Waals surface area contributed by atoms with E-state index in [9.17, 15) is 4.79 Å². The van der Waals surface area contributed by atoms with Crippen LogP contribution in [0, 0.1) is 5.92 Å². The molecular formula is C14H19N5O. The van der Waals surface area contributed by atoms with Gasteiger partial charge in [0.1, 0.15) is 6.33 Å². The van der Waals surface area contributed by atoms with E-state index in [1.807, 2.05) is 42.8 Å². The van der Waals surface area contributed by atoms with Crippen LogP contribution in [0.25, 0.3) is 11.4 Å². The zero-order valence-electron chi connectivity index (χ0n) is 11.7. The summed E-state index contributed by atoms with van der Waals surface area (Å²) in [6.45, 7) is 2.31. The van der Waals surface area contributed by atoms with Gasteiger partial charge in [-0.15, -0.1) is 10.2 Å². The first-order valence-corrected chi connectivity index (χ1v) is 6.61. The Morgan fingerprint density at radius 1 is 1.40 bits per heavy atom. The van der Waals surface area contributed by atoms with E-state index < -0.39 is 0 Å². The van der Waals surface area contributed by atoms with E-state index in [1.165, 1.54) is 0 Å². The minimum absolute atomic E-state index is 0.0404. The van der Waals surface area contributed by atoms with E-state index in [0.717, 1.165) is 23.5 Å². The number of nitrogens with one attached hydrogen (secondary N) is 1. The molecule has 20 heavy (non-hydrogen) atoms. The Morgan fingerprint density at radius 2 is 2.10 bits per heavy atom. The number of anilines is 1. The third kappa shape index (κ3) is 3.03. The average molecular weight is 273 g/mol. The summed E-state index contributed by atoms with van der Waals surface area (Å²) in [5, 5.41) is 10.8. The molecule has 0 saturated carbocycles. The summed E-state index contributed by atoms with van der Waals surface area (Å²) in [6.07, 6.45) is 2.39. The molecule has 2 aromatic rings. The largest absolute Gasteiger partial charge is 0.330 e. The quantitative estimate of drug-likeness (QED) is 0.862. The topological polar surface area (TPSA) is 85.8 Å². The molecule has 0 bridgehead atoms. The van der Waals surface area contributed by atoms with Gasteiger partial charge in [0.25, 0.3) is 0 Å². The summed E-state index contributed by atoms with van der Waals surface area (Å²) in [5.74, 6) is 0.603. The smallest absolute Gasteiger partial charge is 0.228 e. The van der Waals surface area contributed by atoms with E-state index in [2.05, 4.69) is 15.5 Å². The van der Waals surface area contributed by atoms with Crippen molar-refractivity contribution in [1.29, 1.82) is 0 Å². The number of carbonyl (C=O) groups excluding carboxylic acids is 1. The third-order valence-electron chi connectivity index (χ3n) is 3.27. The Kier molecular flexibility index (Phi) is 4.47. The first-order chi connectivity index (χ1) is 9.65. The third-order valence-corrected chi connectivity index (χ3v) is 3.27. The van der Waals surface area contributed by atoms with Crippen LogP contribution in [0.2, 0.25) is 0 Å². The Balaban J connectivity index is 2.09. The highest BCUT2D eigenvalue weighted by Gasteiger charge is 2.14. The van der Waals surface area contributed by atoms with Gasteiger partial charge in [-0.05, 0) is 30.7 Å². The molecule has 1 atom stereocenters. The molecule has 6 nitrogen and oxygen atoms in total. The van der Waals surface area contributed by atoms with Crippen LogP contribution in [0.15, 0.2) is 30.6 Å². The lowest BCUT2D eigenvalue weighted by Crippen LogP contribution is -2.28. The minimum Gasteiger partial charge on any atom is -0.330 e. The number of rotatable bonds is 5. The van der Waals surface area contributed by atoms with Gasteiger partial charge in [0, 0.05) is 24.8 Å². The fraction of sp³-hybridized carbons (Fsp3) is 0.357. The molecule has 106 valence electrons. The number of aryl methyl sites for hydroxylation is 1. The molecule has 0 saturated heterocycles. The molecule has 0 aliphatic rings. The number of hydrogen-bond acceptors (Lipinski definition) is 4. The fourth-order valence-electron chi connectivity index (χ4n) is 1.95. The number of benzene rings is 1. The fourth-order valence-corrected chi connectivity index (χ4v) is 1.95. The van der Waals surface area contributed by atoms with Gasteiger partial charge in [-0.3, -0.25) is 4.79 Å². The molecule has 0 aliphatic carbocycles. The Hall–Kier alpha value is -2.21. The number of aromatic nitrogens is 3. The molecular weight excluding hydrogens is 254 g/mol. The monoisotopic (exact) mass is 273 g/mol. The number of nitrogens with zero attached hydrogens (tertiary/aromatic N) is 3. The van der Waals surface area contributed by atoms with Crippen molar-refractivity contribution in [3.05, 3.63) is 30.6 Å². The van der Waals surface area contributed by atoms with Crippen LogP contribution in [0.5, 0.6) is 0 Å². The van der Waals surface area contributed by atoms with Crippen molar-refractivity contribution in [2.24, 2.45) is 18.7 Å². The summed E-state index contributed by atoms with van der Waals surface area (Å²) >= 11 is 0. The highest BCUT2D eigenvalue weighted by Crippen LogP contribution is 2.19. The van der Waals surface area contributed by atoms with Crippen LogP contribution in [-0.4, -0.2) is 27.2 Å². The first kappa shape index (κ1) is 14.2. The van der Waals surface area contributed by atoms with Gasteiger partial charge < -0.3 is 15.6 Å². The highest BCUT2D eigenvalue weighted by molar-refractivity contribution is 5.92. The Morgan fingerprint density at radius 3 is 2.60 bits per heavy atom. The van der Waals surface area contributed by atoms with E-state index in [-0.39, 0.29) is 11.8 Å². The van der Waals surface area contributed by atoms with E-state index in [1.54, 1.807) is 6.33 Å². The zero-order valence-corrected chi connectivity index (χ0v) is 11.7. The average Bonchev–Trinajstić information content (AvgIpc) is 2.87. The van der Waals surface area contributed by atoms with Gasteiger partial charge >= 0.3 is 0 Å². The Labute approximate surface area is 118 Å². The lowest BCUT2D eigenvalue weighted by Gasteiger charge is -2.12. The molecule has 1 heterocycles. The maximum absolute atomic E-state index is 11.9. The predicted octanol–water partition coefficient (Wildman–Crippen LogP) is 1.41. The standard InChI is InChI=1S/C14H19N5O/c1-3-10(8-15)14(20)17-12-6-4-11(5-7-12)13-18-16-9-19(13)2/h4-7,9-10H,3,8,15H2,1-2H3,(H,17,20). The molecule has 0 radical (unpaired) electrons. The molecule has 3 N–H and O–H groups in total. The van der Waals surface area contributed by atoms with Crippen LogP contribution in [0.1, 0.15) is 13.3 Å². The second-order valence-electron chi connectivity index (χ2n) is 4.67. The molecule has 1 aromatic carbocycles. The molecule has 0 fully saturated rings. The predicted molar refractivity (Wildman–Crippen MR) is 77.9 cm³/mol. The van der Waals surface area contributed by atoms with E-state index >= 15 is 0 Å². The summed E-state index contributed by atoms with van der Waals surface area (Å²) in [5.41, 5.74) is 7.27. The van der Waals surface area contributed by atoms with Crippen molar-refractivity contribution in [2.75, 3.05) is 11.9 Å². The lowest BCUT2D eigenvalue weighted by molar-refractivity contribution is -0.119. The minimum atomic E-state index is -0.145. The van der Waals surface area contributed by atoms with Crippen molar-refractivity contribution in [1.82, 2.24) is 14.8 Å². The van der Waals surface area contributed by atoms with Crippen LogP contribution < -0.4 is 11.1 Å². The second-order valence-corrected chi connectivity index (χ2v) is 4.67. The van der Waals surface area contributed by atoms with Gasteiger partial charge in [0.05, 0.1) is 5.92 Å². The summed E-state index contributed by atoms with van der Waals surface area (Å²) in [4.78, 5) is 11.9. The van der Waals surface area contributed by atoms with Gasteiger partial charge in [-0.25, -0.2) is 0 Å². The lowest BCUT2D eigenvalue weighted by atomic mass is 10.1. The normalized spacial score (nSPS) is 12.2. The van der Waals surface area contributed by atoms with Crippen molar-refractivity contribution in [3.8, 4) is 11.4 Å². The number of nitrogens with two attached hydrogens (primary N) is 1. The van der Waals surface area contributed by atoms with Crippen LogP contribution >= 0.6 is 0 Å². The van der Waals surface area contributed by atoms with Crippen LogP contribution in [0.3, 0.4) is 0 Å². The first-order valence-electron chi connectivity index (χ1n) is 6.61. The maximum Gasteiger partial charge on any atom is 0.228 e. The van der Waals surface area contributed by atoms with Gasteiger partial charge in [-0.2, -0.15) is 0 Å². The molecule has 0 spiro atoms. The summed E-state index contributed by atoms with van der Waals surface area (Å²) in [7, 11) is 1.89. The number of amides is 1. The van der Waals surface area contributed by atoms with Crippen LogP contribution in [-0.2, 0) is 11.8 Å². The maximum atomic E-state index is 11.9. The van der Waals surface area contributed by atoms with E-state index in [0.29, 0.717) is 6.54 Å². The molecule has 1 unspecified atom stereocenters. The van der Waals surface area contributed by atoms with Crippen molar-refractivity contribution >= 4 is 11.6 Å². The van der Waals surface area contributed by atoms with E-state index in [4.69, 9.17) is 5.73 Å². The second kappa shape index (κ2) is 6.29. The molecule has 1 aromatic heterocycles. The Bertz CT molecular complexity index is 572. The summed E-state index contributed by atoms with van der Waals surface area (Å²) in [6, 6.07) is 7.52. The van der Waals surface area contributed by atoms with Crippen molar-refractivity contribution in [2.45, 2.75) is 13.3 Å². The highest BCUT2D eigenvalue weighted by atomic mass is 16.1. The van der Waals surface area contributed by atoms with Crippen molar-refractivity contribution < 1.29 is 4.79 Å². The SMILES string of the molecule is CCC(CN)C(=O)Nc1ccc(-c2nncn2C)cc1. The van der Waals surface area contributed by atoms with Gasteiger partial charge in [-0.1, -0.05) is 6.92 Å². The van der Waals surface area contributed by atoms with Crippen LogP contribution in [0.4, 0.5) is 5.69 Å². The molecule has 6 heteroatoms. The zero-order chi connectivity index (χ0) is 14.5. The number of hydrogen-bond donors (Lipinski definition) is 2. The summed E-state index contributed by atoms with van der Waals surface area (Å²) < 4.78 is 1.84. The van der Waals surface area contributed by atoms with Gasteiger partial charge in [0.2, 0.25) is 5.91 Å². The van der Waals surface area contributed by atoms with Gasteiger partial charge in [0.15, 0.2) is 5.82 Å².